The molecule has 0 aliphatic carbocycles. The van der Waals surface area contributed by atoms with E-state index < -0.39 is 23.4 Å². The van der Waals surface area contributed by atoms with Gasteiger partial charge in [-0.1, -0.05) is 0 Å². The Morgan fingerprint density at radius 2 is 2.18 bits per heavy atom. The van der Waals surface area contributed by atoms with Crippen LogP contribution in [0.25, 0.3) is 11.0 Å². The molecular formula is C18H17FIN3O5. The number of halogens is 2. The highest BCUT2D eigenvalue weighted by molar-refractivity contribution is 14.1. The van der Waals surface area contributed by atoms with E-state index in [1.54, 1.807) is 6.07 Å². The first-order valence-corrected chi connectivity index (χ1v) is 9.30. The van der Waals surface area contributed by atoms with Crippen LogP contribution in [-0.4, -0.2) is 28.3 Å². The minimum atomic E-state index is -0.789. The molecule has 1 atom stereocenters. The monoisotopic (exact) mass is 501 g/mol. The highest BCUT2D eigenvalue weighted by atomic mass is 127. The molecule has 3 aromatic rings. The molecule has 2 aromatic heterocycles. The Bertz CT molecular complexity index is 1090. The number of rotatable bonds is 6. The van der Waals surface area contributed by atoms with Crippen molar-refractivity contribution in [3.63, 3.8) is 0 Å². The van der Waals surface area contributed by atoms with Crippen LogP contribution in [-0.2, 0) is 11.9 Å². The first kappa shape index (κ1) is 20.3. The van der Waals surface area contributed by atoms with E-state index in [9.17, 15) is 19.1 Å². The number of amides is 1. The maximum absolute atomic E-state index is 14.3. The van der Waals surface area contributed by atoms with Crippen LogP contribution in [0.2, 0.25) is 0 Å². The van der Waals surface area contributed by atoms with Gasteiger partial charge in [0.05, 0.1) is 23.4 Å². The van der Waals surface area contributed by atoms with E-state index in [1.165, 1.54) is 43.0 Å². The number of anilines is 2. The quantitative estimate of drug-likeness (QED) is 0.355. The molecule has 0 aliphatic rings. The summed E-state index contributed by atoms with van der Waals surface area (Å²) in [5, 5.41) is 12.3. The normalized spacial score (nSPS) is 12.2. The third kappa shape index (κ3) is 4.03. The molecule has 3 rings (SSSR count). The van der Waals surface area contributed by atoms with Crippen molar-refractivity contribution in [3.05, 3.63) is 55.8 Å². The standard InChI is InChI=1S/C18H17FIN3O5/c1-9(24)8-28-22-17(25)14-15-11(5-6-27-15)18(26)23(2)16(14)21-13-4-3-10(20)7-12(13)19/h3-7,9,21,24H,8H2,1-2H3,(H,22,25)/t9-/m0/s1. The van der Waals surface area contributed by atoms with Gasteiger partial charge in [-0.25, -0.2) is 9.87 Å². The predicted molar refractivity (Wildman–Crippen MR) is 109 cm³/mol. The van der Waals surface area contributed by atoms with Crippen molar-refractivity contribution >= 4 is 51.0 Å². The van der Waals surface area contributed by atoms with E-state index in [1.807, 2.05) is 22.6 Å². The molecule has 0 saturated heterocycles. The van der Waals surface area contributed by atoms with E-state index >= 15 is 0 Å². The SMILES string of the molecule is C[C@H](O)CONC(=O)c1c(Nc2ccc(I)cc2F)n(C)c(=O)c2ccoc12. The van der Waals surface area contributed by atoms with E-state index in [4.69, 9.17) is 9.25 Å². The van der Waals surface area contributed by atoms with Crippen LogP contribution in [0, 0.1) is 9.39 Å². The second-order valence-electron chi connectivity index (χ2n) is 6.09. The molecule has 8 nitrogen and oxygen atoms in total. The number of fused-ring (bicyclic) bond motifs is 1. The molecule has 0 saturated carbocycles. The number of aliphatic hydroxyl groups excluding tert-OH is 1. The maximum Gasteiger partial charge on any atom is 0.282 e. The minimum Gasteiger partial charge on any atom is -0.463 e. The third-order valence-corrected chi connectivity index (χ3v) is 4.57. The van der Waals surface area contributed by atoms with Crippen molar-refractivity contribution < 1.29 is 23.5 Å². The van der Waals surface area contributed by atoms with Crippen LogP contribution in [0.3, 0.4) is 0 Å². The summed E-state index contributed by atoms with van der Waals surface area (Å²) in [7, 11) is 1.45. The van der Waals surface area contributed by atoms with E-state index in [-0.39, 0.29) is 34.6 Å². The highest BCUT2D eigenvalue weighted by Crippen LogP contribution is 2.28. The number of hydroxylamine groups is 1. The van der Waals surface area contributed by atoms with Gasteiger partial charge in [-0.05, 0) is 53.8 Å². The van der Waals surface area contributed by atoms with Crippen molar-refractivity contribution in [3.8, 4) is 0 Å². The van der Waals surface area contributed by atoms with E-state index in [2.05, 4.69) is 10.8 Å². The van der Waals surface area contributed by atoms with Crippen molar-refractivity contribution in [1.82, 2.24) is 10.0 Å². The molecular weight excluding hydrogens is 484 g/mol. The van der Waals surface area contributed by atoms with Gasteiger partial charge in [-0.2, -0.15) is 0 Å². The second-order valence-corrected chi connectivity index (χ2v) is 7.34. The Kier molecular flexibility index (Phi) is 6.01. The molecule has 0 radical (unpaired) electrons. The largest absolute Gasteiger partial charge is 0.463 e. The number of nitrogens with one attached hydrogen (secondary N) is 2. The van der Waals surface area contributed by atoms with Crippen LogP contribution in [0.5, 0.6) is 0 Å². The summed E-state index contributed by atoms with van der Waals surface area (Å²) in [5.74, 6) is -1.23. The molecule has 28 heavy (non-hydrogen) atoms. The number of carbonyl (C=O) groups is 1. The molecule has 0 bridgehead atoms. The van der Waals surface area contributed by atoms with Crippen LogP contribution in [0.1, 0.15) is 17.3 Å². The minimum absolute atomic E-state index is 0.0331. The van der Waals surface area contributed by atoms with Crippen molar-refractivity contribution in [2.24, 2.45) is 7.05 Å². The Morgan fingerprint density at radius 3 is 2.86 bits per heavy atom. The lowest BCUT2D eigenvalue weighted by Gasteiger charge is -2.17. The molecule has 1 aromatic carbocycles. The maximum atomic E-state index is 14.3. The zero-order valence-electron chi connectivity index (χ0n) is 15.0. The molecule has 0 aliphatic heterocycles. The van der Waals surface area contributed by atoms with Crippen molar-refractivity contribution in [1.29, 1.82) is 0 Å². The summed E-state index contributed by atoms with van der Waals surface area (Å²) in [4.78, 5) is 30.3. The summed E-state index contributed by atoms with van der Waals surface area (Å²) in [6, 6.07) is 5.94. The lowest BCUT2D eigenvalue weighted by Crippen LogP contribution is -2.31. The number of nitrogens with zero attached hydrogens (tertiary/aromatic N) is 1. The topological polar surface area (TPSA) is 106 Å². The highest BCUT2D eigenvalue weighted by Gasteiger charge is 2.24. The van der Waals surface area contributed by atoms with E-state index in [0.717, 1.165) is 0 Å². The number of pyridine rings is 1. The van der Waals surface area contributed by atoms with Gasteiger partial charge in [0, 0.05) is 10.6 Å². The molecule has 3 N–H and O–H groups in total. The fourth-order valence-corrected chi connectivity index (χ4v) is 3.04. The Hall–Kier alpha value is -2.44. The first-order chi connectivity index (χ1) is 13.3. The average Bonchev–Trinajstić information content (AvgIpc) is 3.10. The van der Waals surface area contributed by atoms with Crippen LogP contribution in [0.15, 0.2) is 39.7 Å². The van der Waals surface area contributed by atoms with Gasteiger partial charge in [-0.15, -0.1) is 0 Å². The van der Waals surface area contributed by atoms with Gasteiger partial charge < -0.3 is 14.8 Å². The Labute approximate surface area is 172 Å². The zero-order chi connectivity index (χ0) is 20.4. The number of hydrogen-bond donors (Lipinski definition) is 3. The van der Waals surface area contributed by atoms with Crippen LogP contribution in [0.4, 0.5) is 15.9 Å². The number of benzene rings is 1. The molecule has 0 fully saturated rings. The second kappa shape index (κ2) is 8.29. The average molecular weight is 501 g/mol. The van der Waals surface area contributed by atoms with Crippen molar-refractivity contribution in [2.45, 2.75) is 13.0 Å². The third-order valence-electron chi connectivity index (χ3n) is 3.90. The first-order valence-electron chi connectivity index (χ1n) is 8.22. The van der Waals surface area contributed by atoms with E-state index in [0.29, 0.717) is 3.57 Å². The summed E-state index contributed by atoms with van der Waals surface area (Å²) >= 11 is 1.97. The molecule has 148 valence electrons. The van der Waals surface area contributed by atoms with Gasteiger partial charge in [0.1, 0.15) is 23.8 Å². The van der Waals surface area contributed by atoms with Crippen LogP contribution >= 0.6 is 22.6 Å². The molecule has 0 spiro atoms. The van der Waals surface area contributed by atoms with Gasteiger partial charge in [-0.3, -0.25) is 19.0 Å². The number of aromatic nitrogens is 1. The fourth-order valence-electron chi connectivity index (χ4n) is 2.58. The summed E-state index contributed by atoms with van der Waals surface area (Å²) < 4.78 is 21.6. The lowest BCUT2D eigenvalue weighted by atomic mass is 10.1. The van der Waals surface area contributed by atoms with Crippen LogP contribution < -0.4 is 16.4 Å². The van der Waals surface area contributed by atoms with Gasteiger partial charge in [0.2, 0.25) is 0 Å². The Balaban J connectivity index is 2.10. The smallest absolute Gasteiger partial charge is 0.282 e. The van der Waals surface area contributed by atoms with Crippen molar-refractivity contribution in [2.75, 3.05) is 11.9 Å². The Morgan fingerprint density at radius 1 is 1.43 bits per heavy atom. The number of carbonyl (C=O) groups excluding carboxylic acids is 1. The summed E-state index contributed by atoms with van der Waals surface area (Å²) in [5.41, 5.74) is 1.87. The number of furan rings is 1. The molecule has 0 unspecified atom stereocenters. The zero-order valence-corrected chi connectivity index (χ0v) is 17.1. The lowest BCUT2D eigenvalue weighted by molar-refractivity contribution is -0.00680. The van der Waals surface area contributed by atoms with Gasteiger partial charge in [0.15, 0.2) is 5.58 Å². The molecule has 10 heteroatoms. The van der Waals surface area contributed by atoms with Gasteiger partial charge >= 0.3 is 0 Å². The predicted octanol–water partition coefficient (Wildman–Crippen LogP) is 2.66. The molecule has 1 amide bonds. The molecule has 2 heterocycles. The number of aliphatic hydroxyl groups is 1. The fraction of sp³-hybridized carbons (Fsp3) is 0.222. The number of hydrogen-bond acceptors (Lipinski definition) is 6. The summed E-state index contributed by atoms with van der Waals surface area (Å²) in [6.07, 6.45) is 0.497. The van der Waals surface area contributed by atoms with Gasteiger partial charge in [0.25, 0.3) is 11.5 Å². The summed E-state index contributed by atoms with van der Waals surface area (Å²) in [6.45, 7) is 1.36.